The molecule has 2 aromatic rings. The third-order valence-electron chi connectivity index (χ3n) is 4.84. The molecule has 0 aromatic heterocycles. The first-order valence-corrected chi connectivity index (χ1v) is 8.80. The van der Waals surface area contributed by atoms with Crippen LogP contribution in [0.5, 0.6) is 0 Å². The molecule has 1 amide bonds. The Morgan fingerprint density at radius 3 is 2.42 bits per heavy atom. The molecule has 1 heterocycles. The molecule has 2 aromatic carbocycles. The number of hydrogen-bond acceptors (Lipinski definition) is 2. The summed E-state index contributed by atoms with van der Waals surface area (Å²) in [5.41, 5.74) is 2.72. The number of carbonyl (C=O) groups is 1. The molecule has 3 nitrogen and oxygen atoms in total. The van der Waals surface area contributed by atoms with E-state index in [0.717, 1.165) is 34.2 Å². The molecule has 6 heteroatoms. The molecular formula is C20H23F3N2O. The molecule has 1 aliphatic heterocycles. The fraction of sp³-hybridized carbons (Fsp3) is 0.450. The Balaban J connectivity index is 2.08. The van der Waals surface area contributed by atoms with Gasteiger partial charge in [0.05, 0.1) is 0 Å². The zero-order chi connectivity index (χ0) is 19.1. The molecule has 1 saturated heterocycles. The van der Waals surface area contributed by atoms with E-state index < -0.39 is 23.7 Å². The molecule has 3 rings (SSSR count). The summed E-state index contributed by atoms with van der Waals surface area (Å²) in [6, 6.07) is 8.81. The second kappa shape index (κ2) is 6.58. The largest absolute Gasteiger partial charge is 0.409 e. The maximum atomic E-state index is 13.9. The third-order valence-corrected chi connectivity index (χ3v) is 4.84. The first kappa shape index (κ1) is 18.7. The molecule has 0 spiro atoms. The highest BCUT2D eigenvalue weighted by Gasteiger charge is 2.52. The van der Waals surface area contributed by atoms with E-state index in [1.165, 1.54) is 6.07 Å². The summed E-state index contributed by atoms with van der Waals surface area (Å²) in [7, 11) is 0. The second-order valence-electron chi connectivity index (χ2n) is 7.53. The minimum atomic E-state index is -4.51. The normalized spacial score (nSPS) is 18.9. The van der Waals surface area contributed by atoms with Crippen LogP contribution in [0.25, 0.3) is 10.8 Å². The summed E-state index contributed by atoms with van der Waals surface area (Å²) in [6.45, 7) is 5.35. The Bertz CT molecular complexity index is 829. The molecule has 1 aliphatic rings. The number of hydrogen-bond donors (Lipinski definition) is 1. The monoisotopic (exact) mass is 364 g/mol. The van der Waals surface area contributed by atoms with Gasteiger partial charge in [0.25, 0.3) is 0 Å². The van der Waals surface area contributed by atoms with E-state index in [1.807, 2.05) is 18.2 Å². The van der Waals surface area contributed by atoms with E-state index in [-0.39, 0.29) is 12.0 Å². The molecule has 0 bridgehead atoms. The summed E-state index contributed by atoms with van der Waals surface area (Å²) in [6.07, 6.45) is -2.61. The van der Waals surface area contributed by atoms with Crippen molar-refractivity contribution >= 4 is 16.7 Å². The predicted octanol–water partition coefficient (Wildman–Crippen LogP) is 4.91. The highest BCUT2D eigenvalue weighted by atomic mass is 19.4. The van der Waals surface area contributed by atoms with Crippen LogP contribution in [-0.4, -0.2) is 22.6 Å². The van der Waals surface area contributed by atoms with Gasteiger partial charge in [0.15, 0.2) is 6.04 Å². The molecule has 1 fully saturated rings. The third kappa shape index (κ3) is 3.56. The summed E-state index contributed by atoms with van der Waals surface area (Å²) < 4.78 is 41.8. The van der Waals surface area contributed by atoms with E-state index in [1.54, 1.807) is 26.0 Å². The lowest BCUT2D eigenvalue weighted by molar-refractivity contribution is -0.203. The van der Waals surface area contributed by atoms with Crippen LogP contribution in [0.2, 0.25) is 0 Å². The smallest absolute Gasteiger partial charge is 0.287 e. The van der Waals surface area contributed by atoms with Crippen molar-refractivity contribution in [3.05, 3.63) is 47.5 Å². The number of amides is 1. The Kier molecular flexibility index (Phi) is 4.73. The van der Waals surface area contributed by atoms with Crippen molar-refractivity contribution in [3.8, 4) is 0 Å². The average Bonchev–Trinajstić information content (AvgIpc) is 2.78. The Morgan fingerprint density at radius 2 is 1.85 bits per heavy atom. The second-order valence-corrected chi connectivity index (χ2v) is 7.53. The molecule has 0 aliphatic carbocycles. The molecular weight excluding hydrogens is 341 g/mol. The van der Waals surface area contributed by atoms with Crippen molar-refractivity contribution in [3.63, 3.8) is 0 Å². The van der Waals surface area contributed by atoms with Crippen LogP contribution in [0.4, 0.5) is 13.2 Å². The van der Waals surface area contributed by atoms with Crippen molar-refractivity contribution in [2.45, 2.75) is 57.8 Å². The van der Waals surface area contributed by atoms with Gasteiger partial charge in [-0.05, 0) is 48.2 Å². The van der Waals surface area contributed by atoms with E-state index in [9.17, 15) is 18.0 Å². The highest BCUT2D eigenvalue weighted by molar-refractivity contribution is 5.84. The lowest BCUT2D eigenvalue weighted by Gasteiger charge is -2.38. The Hall–Kier alpha value is -2.08. The maximum Gasteiger partial charge on any atom is 0.409 e. The Labute approximate surface area is 151 Å². The first-order chi connectivity index (χ1) is 12.1. The number of hydrazine groups is 1. The number of fused-ring (bicyclic) bond motifs is 1. The number of carbonyl (C=O) groups excluding carboxylic acids is 1. The lowest BCUT2D eigenvalue weighted by Crippen LogP contribution is -2.51. The quantitative estimate of drug-likeness (QED) is 0.836. The number of halogens is 3. The van der Waals surface area contributed by atoms with Crippen molar-refractivity contribution in [2.75, 3.05) is 0 Å². The van der Waals surface area contributed by atoms with Gasteiger partial charge in [-0.1, -0.05) is 43.7 Å². The Morgan fingerprint density at radius 1 is 1.15 bits per heavy atom. The molecule has 0 saturated carbocycles. The fourth-order valence-corrected chi connectivity index (χ4v) is 3.63. The topological polar surface area (TPSA) is 32.3 Å². The van der Waals surface area contributed by atoms with E-state index in [2.05, 4.69) is 12.3 Å². The first-order valence-electron chi connectivity index (χ1n) is 8.80. The van der Waals surface area contributed by atoms with Crippen LogP contribution in [0.3, 0.4) is 0 Å². The van der Waals surface area contributed by atoms with Crippen LogP contribution < -0.4 is 5.43 Å². The average molecular weight is 364 g/mol. The SMILES string of the molecule is CCCc1ccc2ccc(C(N3NC(=O)CC3(C)C)C(F)(F)F)cc2c1. The zero-order valence-corrected chi connectivity index (χ0v) is 15.2. The molecule has 26 heavy (non-hydrogen) atoms. The van der Waals surface area contributed by atoms with Crippen molar-refractivity contribution in [1.82, 2.24) is 10.4 Å². The van der Waals surface area contributed by atoms with Gasteiger partial charge >= 0.3 is 6.18 Å². The van der Waals surface area contributed by atoms with Gasteiger partial charge < -0.3 is 0 Å². The minimum Gasteiger partial charge on any atom is -0.287 e. The maximum absolute atomic E-state index is 13.9. The van der Waals surface area contributed by atoms with Gasteiger partial charge in [-0.2, -0.15) is 18.2 Å². The van der Waals surface area contributed by atoms with Gasteiger partial charge in [0.1, 0.15) is 0 Å². The summed E-state index contributed by atoms with van der Waals surface area (Å²) >= 11 is 0. The number of aryl methyl sites for hydroxylation is 1. The van der Waals surface area contributed by atoms with Crippen molar-refractivity contribution in [1.29, 1.82) is 0 Å². The number of benzene rings is 2. The molecule has 1 unspecified atom stereocenters. The van der Waals surface area contributed by atoms with E-state index in [0.29, 0.717) is 0 Å². The zero-order valence-electron chi connectivity index (χ0n) is 15.2. The number of nitrogens with one attached hydrogen (secondary N) is 1. The molecule has 1 atom stereocenters. The van der Waals surface area contributed by atoms with E-state index >= 15 is 0 Å². The van der Waals surface area contributed by atoms with Crippen LogP contribution >= 0.6 is 0 Å². The van der Waals surface area contributed by atoms with Crippen LogP contribution in [0.15, 0.2) is 36.4 Å². The van der Waals surface area contributed by atoms with Gasteiger partial charge in [-0.15, -0.1) is 0 Å². The molecule has 140 valence electrons. The van der Waals surface area contributed by atoms with Gasteiger partial charge in [0, 0.05) is 12.0 Å². The molecule has 1 N–H and O–H groups in total. The van der Waals surface area contributed by atoms with Crippen molar-refractivity contribution < 1.29 is 18.0 Å². The number of rotatable bonds is 4. The van der Waals surface area contributed by atoms with Gasteiger partial charge in [0.2, 0.25) is 5.91 Å². The van der Waals surface area contributed by atoms with Crippen LogP contribution in [0.1, 0.15) is 50.8 Å². The van der Waals surface area contributed by atoms with Crippen molar-refractivity contribution in [2.24, 2.45) is 0 Å². The lowest BCUT2D eigenvalue weighted by atomic mass is 9.95. The summed E-state index contributed by atoms with van der Waals surface area (Å²) in [5.74, 6) is -0.393. The predicted molar refractivity (Wildman–Crippen MR) is 95.4 cm³/mol. The molecule has 0 radical (unpaired) electrons. The van der Waals surface area contributed by atoms with Crippen LogP contribution in [0, 0.1) is 0 Å². The summed E-state index contributed by atoms with van der Waals surface area (Å²) in [5, 5.41) is 2.73. The highest BCUT2D eigenvalue weighted by Crippen LogP contribution is 2.43. The van der Waals surface area contributed by atoms with Gasteiger partial charge in [-0.3, -0.25) is 10.2 Å². The number of nitrogens with zero attached hydrogens (tertiary/aromatic N) is 1. The van der Waals surface area contributed by atoms with Crippen LogP contribution in [-0.2, 0) is 11.2 Å². The van der Waals surface area contributed by atoms with Gasteiger partial charge in [-0.25, -0.2) is 0 Å². The fourth-order valence-electron chi connectivity index (χ4n) is 3.63. The standard InChI is InChI=1S/C20H23F3N2O/c1-4-5-13-6-7-14-8-9-15(11-16(14)10-13)18(20(21,22)23)25-19(2,3)12-17(26)24-25/h6-11,18H,4-5,12H2,1-3H3,(H,24,26). The van der Waals surface area contributed by atoms with E-state index in [4.69, 9.17) is 0 Å². The summed E-state index contributed by atoms with van der Waals surface area (Å²) in [4.78, 5) is 11.7. The minimum absolute atomic E-state index is 0.0355. The number of alkyl halides is 3.